The van der Waals surface area contributed by atoms with Crippen molar-refractivity contribution in [1.82, 2.24) is 29.6 Å². The van der Waals surface area contributed by atoms with Gasteiger partial charge in [0.15, 0.2) is 0 Å². The third kappa shape index (κ3) is 5.80. The molecule has 0 radical (unpaired) electrons. The van der Waals surface area contributed by atoms with Crippen LogP contribution in [-0.2, 0) is 16.6 Å². The summed E-state index contributed by atoms with van der Waals surface area (Å²) in [4.78, 5) is 21.9. The first-order valence-electron chi connectivity index (χ1n) is 10.3. The van der Waals surface area contributed by atoms with E-state index in [9.17, 15) is 8.42 Å². The average molecular weight is 477 g/mol. The van der Waals surface area contributed by atoms with Crippen molar-refractivity contribution in [3.63, 3.8) is 0 Å². The Morgan fingerprint density at radius 1 is 1.12 bits per heavy atom. The van der Waals surface area contributed by atoms with Crippen LogP contribution in [0.25, 0.3) is 10.9 Å². The highest BCUT2D eigenvalue weighted by Crippen LogP contribution is 2.25. The molecule has 1 saturated heterocycles. The molecule has 4 rings (SSSR count). The standard InChI is InChI=1S/C20H25ClN8O2S/c1-28-7-9-29(10-8-28)20-26-17-14-24-18(21)12-16(17)19(27-20)23-6-11-32(30,31)25-13-15-4-2-3-5-22-15/h2-5,12,14,25H,6-11,13H2,1H3,(H,23,26,27). The van der Waals surface area contributed by atoms with Crippen LogP contribution in [-0.4, -0.2) is 78.8 Å². The van der Waals surface area contributed by atoms with E-state index in [4.69, 9.17) is 11.6 Å². The highest BCUT2D eigenvalue weighted by Gasteiger charge is 2.19. The Labute approximate surface area is 192 Å². The molecule has 3 aromatic heterocycles. The van der Waals surface area contributed by atoms with Gasteiger partial charge in [0.2, 0.25) is 16.0 Å². The minimum absolute atomic E-state index is 0.117. The molecule has 1 aliphatic heterocycles. The first-order chi connectivity index (χ1) is 15.4. The number of sulfonamides is 1. The van der Waals surface area contributed by atoms with Gasteiger partial charge in [-0.3, -0.25) is 4.98 Å². The summed E-state index contributed by atoms with van der Waals surface area (Å²) < 4.78 is 27.4. The quantitative estimate of drug-likeness (QED) is 0.464. The molecular formula is C20H25ClN8O2S. The third-order valence-corrected chi connectivity index (χ3v) is 6.72. The number of hydrogen-bond donors (Lipinski definition) is 2. The first-order valence-corrected chi connectivity index (χ1v) is 12.3. The molecular weight excluding hydrogens is 452 g/mol. The Hall–Kier alpha value is -2.60. The van der Waals surface area contributed by atoms with Crippen molar-refractivity contribution in [2.24, 2.45) is 0 Å². The van der Waals surface area contributed by atoms with E-state index >= 15 is 0 Å². The molecule has 32 heavy (non-hydrogen) atoms. The average Bonchev–Trinajstić information content (AvgIpc) is 2.79. The van der Waals surface area contributed by atoms with E-state index in [1.165, 1.54) is 0 Å². The van der Waals surface area contributed by atoms with Crippen LogP contribution in [0.5, 0.6) is 0 Å². The molecule has 0 aromatic carbocycles. The van der Waals surface area contributed by atoms with Crippen LogP contribution >= 0.6 is 11.6 Å². The molecule has 0 atom stereocenters. The van der Waals surface area contributed by atoms with Gasteiger partial charge in [-0.25, -0.2) is 23.1 Å². The SMILES string of the molecule is CN1CCN(c2nc(NCCS(=O)(=O)NCc3ccccn3)c3cc(Cl)ncc3n2)CC1. The smallest absolute Gasteiger partial charge is 0.228 e. The minimum atomic E-state index is -3.50. The van der Waals surface area contributed by atoms with Crippen molar-refractivity contribution in [2.75, 3.05) is 55.7 Å². The summed E-state index contributed by atoms with van der Waals surface area (Å²) in [5.74, 6) is 1.01. The molecule has 0 unspecified atom stereocenters. The van der Waals surface area contributed by atoms with Crippen LogP contribution < -0.4 is 14.9 Å². The zero-order valence-corrected chi connectivity index (χ0v) is 19.3. The van der Waals surface area contributed by atoms with E-state index < -0.39 is 10.0 Å². The number of nitrogens with zero attached hydrogens (tertiary/aromatic N) is 6. The van der Waals surface area contributed by atoms with E-state index in [1.807, 2.05) is 6.07 Å². The van der Waals surface area contributed by atoms with Gasteiger partial charge in [0, 0.05) is 44.3 Å². The minimum Gasteiger partial charge on any atom is -0.368 e. The van der Waals surface area contributed by atoms with Gasteiger partial charge in [-0.15, -0.1) is 0 Å². The molecule has 1 fully saturated rings. The number of rotatable bonds is 8. The summed E-state index contributed by atoms with van der Waals surface area (Å²) in [6.45, 7) is 3.79. The predicted octanol–water partition coefficient (Wildman–Crippen LogP) is 1.36. The molecule has 3 aromatic rings. The molecule has 170 valence electrons. The van der Waals surface area contributed by atoms with Gasteiger partial charge in [-0.2, -0.15) is 4.98 Å². The lowest BCUT2D eigenvalue weighted by Gasteiger charge is -2.32. The molecule has 0 spiro atoms. The van der Waals surface area contributed by atoms with Crippen molar-refractivity contribution >= 4 is 44.3 Å². The number of pyridine rings is 2. The van der Waals surface area contributed by atoms with Crippen molar-refractivity contribution in [2.45, 2.75) is 6.54 Å². The van der Waals surface area contributed by atoms with Crippen molar-refractivity contribution < 1.29 is 8.42 Å². The van der Waals surface area contributed by atoms with Gasteiger partial charge in [0.05, 0.1) is 29.7 Å². The number of aromatic nitrogens is 4. The lowest BCUT2D eigenvalue weighted by atomic mass is 10.3. The highest BCUT2D eigenvalue weighted by molar-refractivity contribution is 7.89. The van der Waals surface area contributed by atoms with E-state index in [1.54, 1.807) is 30.6 Å². The van der Waals surface area contributed by atoms with Crippen LogP contribution in [0.1, 0.15) is 5.69 Å². The third-order valence-electron chi connectivity index (χ3n) is 5.19. The summed E-state index contributed by atoms with van der Waals surface area (Å²) in [6.07, 6.45) is 3.23. The summed E-state index contributed by atoms with van der Waals surface area (Å²) in [5, 5.41) is 4.16. The Bertz CT molecular complexity index is 1170. The maximum absolute atomic E-state index is 12.4. The van der Waals surface area contributed by atoms with Gasteiger partial charge in [0.25, 0.3) is 0 Å². The zero-order valence-electron chi connectivity index (χ0n) is 17.7. The molecule has 0 bridgehead atoms. The monoisotopic (exact) mass is 476 g/mol. The van der Waals surface area contributed by atoms with E-state index in [0.29, 0.717) is 33.5 Å². The first kappa shape index (κ1) is 22.6. The van der Waals surface area contributed by atoms with Gasteiger partial charge in [-0.1, -0.05) is 17.7 Å². The number of anilines is 2. The lowest BCUT2D eigenvalue weighted by molar-refractivity contribution is 0.311. The predicted molar refractivity (Wildman–Crippen MR) is 125 cm³/mol. The summed E-state index contributed by atoms with van der Waals surface area (Å²) in [5.41, 5.74) is 1.31. The molecule has 0 amide bonds. The van der Waals surface area contributed by atoms with Crippen LogP contribution in [0.15, 0.2) is 36.7 Å². The van der Waals surface area contributed by atoms with E-state index in [0.717, 1.165) is 26.2 Å². The molecule has 12 heteroatoms. The van der Waals surface area contributed by atoms with Crippen LogP contribution in [0, 0.1) is 0 Å². The summed E-state index contributed by atoms with van der Waals surface area (Å²) in [7, 11) is -1.42. The molecule has 4 heterocycles. The van der Waals surface area contributed by atoms with Gasteiger partial charge in [-0.05, 0) is 25.2 Å². The van der Waals surface area contributed by atoms with Crippen LogP contribution in [0.2, 0.25) is 5.15 Å². The number of nitrogens with one attached hydrogen (secondary N) is 2. The summed E-state index contributed by atoms with van der Waals surface area (Å²) in [6, 6.07) is 7.05. The second-order valence-electron chi connectivity index (χ2n) is 7.57. The van der Waals surface area contributed by atoms with Crippen LogP contribution in [0.3, 0.4) is 0 Å². The fraction of sp³-hybridized carbons (Fsp3) is 0.400. The van der Waals surface area contributed by atoms with Crippen molar-refractivity contribution in [3.8, 4) is 0 Å². The Kier molecular flexibility index (Phi) is 6.99. The Balaban J connectivity index is 1.47. The Morgan fingerprint density at radius 3 is 2.69 bits per heavy atom. The van der Waals surface area contributed by atoms with Gasteiger partial charge < -0.3 is 15.1 Å². The van der Waals surface area contributed by atoms with Gasteiger partial charge >= 0.3 is 0 Å². The highest BCUT2D eigenvalue weighted by atomic mass is 35.5. The van der Waals surface area contributed by atoms with E-state index in [-0.39, 0.29) is 18.8 Å². The van der Waals surface area contributed by atoms with Crippen LogP contribution in [0.4, 0.5) is 11.8 Å². The lowest BCUT2D eigenvalue weighted by Crippen LogP contribution is -2.45. The topological polar surface area (TPSA) is 116 Å². The number of likely N-dealkylation sites (N-methyl/N-ethyl adjacent to an activating group) is 1. The molecule has 0 saturated carbocycles. The number of halogens is 1. The molecule has 0 aliphatic carbocycles. The molecule has 10 nitrogen and oxygen atoms in total. The fourth-order valence-electron chi connectivity index (χ4n) is 3.34. The van der Waals surface area contributed by atoms with E-state index in [2.05, 4.69) is 46.8 Å². The second kappa shape index (κ2) is 9.90. The number of hydrogen-bond acceptors (Lipinski definition) is 9. The summed E-state index contributed by atoms with van der Waals surface area (Å²) >= 11 is 6.08. The largest absolute Gasteiger partial charge is 0.368 e. The van der Waals surface area contributed by atoms with Crippen molar-refractivity contribution in [3.05, 3.63) is 47.5 Å². The second-order valence-corrected chi connectivity index (χ2v) is 9.89. The zero-order chi connectivity index (χ0) is 22.6. The fourth-order valence-corrected chi connectivity index (χ4v) is 4.38. The number of piperazine rings is 1. The molecule has 2 N–H and O–H groups in total. The van der Waals surface area contributed by atoms with Gasteiger partial charge in [0.1, 0.15) is 11.0 Å². The normalized spacial score (nSPS) is 15.2. The Morgan fingerprint density at radius 2 is 1.94 bits per heavy atom. The maximum atomic E-state index is 12.4. The molecule has 1 aliphatic rings. The number of fused-ring (bicyclic) bond motifs is 1. The van der Waals surface area contributed by atoms with Crippen molar-refractivity contribution in [1.29, 1.82) is 0 Å². The maximum Gasteiger partial charge on any atom is 0.228 e.